The standard InChI is InChI=1S/C23H33NO5/c1-11-24-23(6-7-25)17(28-11)9-14-13-5-4-12-8-15(26)19-20(29-19)22(12,3)18(13)16(27)10-21(14,23)2/h8,13-20,25-27H,4-7,9-10H2,1-3H3/t13-,14-,15-,16-,17+,18+,19+,20+,21-,22-,23+/m0/s1. The van der Waals surface area contributed by atoms with E-state index >= 15 is 0 Å². The maximum Gasteiger partial charge on any atom is 0.181 e. The lowest BCUT2D eigenvalue weighted by Crippen LogP contribution is -2.61. The molecule has 4 fully saturated rings. The second-order valence-electron chi connectivity index (χ2n) is 10.9. The van der Waals surface area contributed by atoms with Gasteiger partial charge in [0.15, 0.2) is 5.90 Å². The highest BCUT2D eigenvalue weighted by Crippen LogP contribution is 2.71. The SMILES string of the molecule is CC1=N[C@]2(CCO)[C@@H](C[C@H]3[C@@H]4CCC5=C[C@H](O)[C@H]6O[C@H]6[C@]5(C)[C@H]4[C@@H](O)C[C@@]32C)O1. The van der Waals surface area contributed by atoms with Gasteiger partial charge in [-0.3, -0.25) is 0 Å². The summed E-state index contributed by atoms with van der Waals surface area (Å²) in [5.41, 5.74) is 0.464. The van der Waals surface area contributed by atoms with Crippen LogP contribution in [0.3, 0.4) is 0 Å². The molecule has 4 aliphatic carbocycles. The van der Waals surface area contributed by atoms with Crippen LogP contribution in [0.15, 0.2) is 16.6 Å². The zero-order valence-corrected chi connectivity index (χ0v) is 17.5. The van der Waals surface area contributed by atoms with Gasteiger partial charge in [-0.15, -0.1) is 0 Å². The van der Waals surface area contributed by atoms with Gasteiger partial charge in [0.05, 0.1) is 12.2 Å². The lowest BCUT2D eigenvalue weighted by Gasteiger charge is -2.60. The quantitative estimate of drug-likeness (QED) is 0.483. The fourth-order valence-electron chi connectivity index (χ4n) is 8.81. The van der Waals surface area contributed by atoms with Crippen LogP contribution in [-0.2, 0) is 9.47 Å². The summed E-state index contributed by atoms with van der Waals surface area (Å²) >= 11 is 0. The minimum atomic E-state index is -0.505. The predicted molar refractivity (Wildman–Crippen MR) is 106 cm³/mol. The zero-order valence-electron chi connectivity index (χ0n) is 17.5. The molecule has 2 heterocycles. The van der Waals surface area contributed by atoms with E-state index in [2.05, 4.69) is 13.8 Å². The van der Waals surface area contributed by atoms with Crippen LogP contribution in [0.25, 0.3) is 0 Å². The molecule has 0 amide bonds. The van der Waals surface area contributed by atoms with Crippen LogP contribution < -0.4 is 0 Å². The third kappa shape index (κ3) is 2.05. The van der Waals surface area contributed by atoms with Crippen molar-refractivity contribution in [2.24, 2.45) is 33.6 Å². The summed E-state index contributed by atoms with van der Waals surface area (Å²) < 4.78 is 12.1. The van der Waals surface area contributed by atoms with E-state index in [1.54, 1.807) is 0 Å². The van der Waals surface area contributed by atoms with Crippen LogP contribution in [0.4, 0.5) is 0 Å². The number of nitrogens with zero attached hydrogens (tertiary/aromatic N) is 1. The lowest BCUT2D eigenvalue weighted by molar-refractivity contribution is -0.136. The van der Waals surface area contributed by atoms with Crippen molar-refractivity contribution in [1.29, 1.82) is 0 Å². The van der Waals surface area contributed by atoms with Gasteiger partial charge in [0.25, 0.3) is 0 Å². The van der Waals surface area contributed by atoms with Gasteiger partial charge in [-0.25, -0.2) is 4.99 Å². The number of ether oxygens (including phenoxy) is 2. The Morgan fingerprint density at radius 3 is 2.83 bits per heavy atom. The van der Waals surface area contributed by atoms with Crippen LogP contribution in [0, 0.1) is 28.6 Å². The molecule has 0 aromatic carbocycles. The number of hydrogen-bond acceptors (Lipinski definition) is 6. The first-order chi connectivity index (χ1) is 13.8. The van der Waals surface area contributed by atoms with Gasteiger partial charge in [-0.05, 0) is 49.9 Å². The number of aliphatic imine (C=N–C) groups is 1. The number of epoxide rings is 1. The molecule has 0 aromatic heterocycles. The molecule has 3 saturated carbocycles. The van der Waals surface area contributed by atoms with Gasteiger partial charge in [0, 0.05) is 24.4 Å². The van der Waals surface area contributed by atoms with Gasteiger partial charge in [0.2, 0.25) is 0 Å². The summed E-state index contributed by atoms with van der Waals surface area (Å²) in [6.07, 6.45) is 5.17. The molecule has 2 aliphatic heterocycles. The van der Waals surface area contributed by atoms with E-state index < -0.39 is 17.7 Å². The van der Waals surface area contributed by atoms with Crippen molar-refractivity contribution < 1.29 is 24.8 Å². The minimum absolute atomic E-state index is 0.00144. The van der Waals surface area contributed by atoms with Crippen molar-refractivity contribution in [1.82, 2.24) is 0 Å². The maximum absolute atomic E-state index is 11.6. The summed E-state index contributed by atoms with van der Waals surface area (Å²) in [6, 6.07) is 0. The number of aliphatic hydroxyl groups excluding tert-OH is 3. The highest BCUT2D eigenvalue weighted by atomic mass is 16.6. The molecule has 0 radical (unpaired) electrons. The van der Waals surface area contributed by atoms with Gasteiger partial charge in [-0.1, -0.05) is 25.5 Å². The van der Waals surface area contributed by atoms with Crippen molar-refractivity contribution in [2.45, 2.75) is 88.9 Å². The predicted octanol–water partition coefficient (Wildman–Crippen LogP) is 1.82. The fraction of sp³-hybridized carbons (Fsp3) is 0.870. The van der Waals surface area contributed by atoms with Crippen molar-refractivity contribution in [3.8, 4) is 0 Å². The van der Waals surface area contributed by atoms with Crippen molar-refractivity contribution in [3.05, 3.63) is 11.6 Å². The molecule has 0 aromatic rings. The van der Waals surface area contributed by atoms with Gasteiger partial charge >= 0.3 is 0 Å². The molecule has 6 rings (SSSR count). The fourth-order valence-corrected chi connectivity index (χ4v) is 8.81. The summed E-state index contributed by atoms with van der Waals surface area (Å²) in [7, 11) is 0. The average Bonchev–Trinajstić information content (AvgIpc) is 3.36. The monoisotopic (exact) mass is 403 g/mol. The summed E-state index contributed by atoms with van der Waals surface area (Å²) in [4.78, 5) is 4.99. The summed E-state index contributed by atoms with van der Waals surface area (Å²) in [6.45, 7) is 6.54. The molecule has 1 saturated heterocycles. The highest BCUT2D eigenvalue weighted by molar-refractivity contribution is 5.76. The summed E-state index contributed by atoms with van der Waals surface area (Å²) in [5, 5.41) is 31.8. The smallest absolute Gasteiger partial charge is 0.181 e. The Kier molecular flexibility index (Phi) is 3.65. The van der Waals surface area contributed by atoms with Crippen LogP contribution in [0.5, 0.6) is 0 Å². The molecular formula is C23H33NO5. The third-order valence-corrected chi connectivity index (χ3v) is 9.95. The van der Waals surface area contributed by atoms with E-state index in [-0.39, 0.29) is 41.7 Å². The Morgan fingerprint density at radius 2 is 2.07 bits per heavy atom. The van der Waals surface area contributed by atoms with Crippen molar-refractivity contribution >= 4 is 5.90 Å². The highest BCUT2D eigenvalue weighted by Gasteiger charge is 2.74. The second kappa shape index (κ2) is 5.64. The van der Waals surface area contributed by atoms with Crippen LogP contribution in [0.2, 0.25) is 0 Å². The molecule has 0 bridgehead atoms. The summed E-state index contributed by atoms with van der Waals surface area (Å²) in [5.74, 6) is 1.65. The molecule has 11 atom stereocenters. The Labute approximate surface area is 172 Å². The first-order valence-electron chi connectivity index (χ1n) is 11.3. The van der Waals surface area contributed by atoms with E-state index in [9.17, 15) is 15.3 Å². The van der Waals surface area contributed by atoms with Crippen molar-refractivity contribution in [2.75, 3.05) is 6.61 Å². The molecule has 0 spiro atoms. The Bertz CT molecular complexity index is 811. The molecule has 3 N–H and O–H groups in total. The number of rotatable bonds is 2. The largest absolute Gasteiger partial charge is 0.475 e. The van der Waals surface area contributed by atoms with E-state index in [0.29, 0.717) is 24.7 Å². The van der Waals surface area contributed by atoms with E-state index in [0.717, 1.165) is 25.2 Å². The first kappa shape index (κ1) is 18.8. The molecule has 160 valence electrons. The third-order valence-electron chi connectivity index (χ3n) is 9.95. The zero-order chi connectivity index (χ0) is 20.3. The molecule has 29 heavy (non-hydrogen) atoms. The number of aliphatic hydroxyl groups is 3. The second-order valence-corrected chi connectivity index (χ2v) is 10.9. The molecule has 6 aliphatic rings. The number of fused-ring (bicyclic) bond motifs is 9. The Morgan fingerprint density at radius 1 is 1.28 bits per heavy atom. The minimum Gasteiger partial charge on any atom is -0.475 e. The van der Waals surface area contributed by atoms with E-state index in [4.69, 9.17) is 14.5 Å². The lowest BCUT2D eigenvalue weighted by atomic mass is 9.45. The number of hydrogen-bond donors (Lipinski definition) is 3. The van der Waals surface area contributed by atoms with E-state index in [1.807, 2.05) is 13.0 Å². The maximum atomic E-state index is 11.6. The van der Waals surface area contributed by atoms with Gasteiger partial charge in [0.1, 0.15) is 23.9 Å². The average molecular weight is 404 g/mol. The molecule has 6 heteroatoms. The van der Waals surface area contributed by atoms with Gasteiger partial charge in [-0.2, -0.15) is 0 Å². The van der Waals surface area contributed by atoms with E-state index in [1.165, 1.54) is 5.57 Å². The van der Waals surface area contributed by atoms with Crippen LogP contribution >= 0.6 is 0 Å². The van der Waals surface area contributed by atoms with Crippen molar-refractivity contribution in [3.63, 3.8) is 0 Å². The van der Waals surface area contributed by atoms with Crippen LogP contribution in [0.1, 0.15) is 52.9 Å². The molecular weight excluding hydrogens is 370 g/mol. The van der Waals surface area contributed by atoms with Crippen LogP contribution in [-0.4, -0.2) is 63.9 Å². The molecule has 6 nitrogen and oxygen atoms in total. The molecule has 0 unspecified atom stereocenters. The Balaban J connectivity index is 1.43. The Hall–Kier alpha value is -0.950. The first-order valence-corrected chi connectivity index (χ1v) is 11.3. The van der Waals surface area contributed by atoms with Gasteiger partial charge < -0.3 is 24.8 Å². The topological polar surface area (TPSA) is 94.8 Å². The normalized spacial score (nSPS) is 59.4.